The molecule has 4 atom stereocenters. The fourth-order valence-electron chi connectivity index (χ4n) is 4.33. The molecule has 3 amide bonds. The van der Waals surface area contributed by atoms with Gasteiger partial charge in [-0.2, -0.15) is 0 Å². The number of carbonyl (C=O) groups excluding carboxylic acids is 3. The second-order valence-electron chi connectivity index (χ2n) is 9.78. The Hall–Kier alpha value is -2.49. The van der Waals surface area contributed by atoms with E-state index >= 15 is 0 Å². The highest BCUT2D eigenvalue weighted by atomic mass is 16.3. The lowest BCUT2D eigenvalue weighted by Gasteiger charge is -2.34. The van der Waals surface area contributed by atoms with Gasteiger partial charge < -0.3 is 20.6 Å². The fourth-order valence-corrected chi connectivity index (χ4v) is 4.33. The third-order valence-electron chi connectivity index (χ3n) is 6.03. The third-order valence-corrected chi connectivity index (χ3v) is 6.03. The zero-order valence-corrected chi connectivity index (χ0v) is 17.7. The van der Waals surface area contributed by atoms with Crippen LogP contribution in [0.3, 0.4) is 0 Å². The van der Waals surface area contributed by atoms with Crippen molar-refractivity contribution >= 4 is 17.7 Å². The molecule has 4 rings (SSSR count). The number of likely N-dealkylation sites (tertiary alicyclic amines) is 1. The summed E-state index contributed by atoms with van der Waals surface area (Å²) in [6, 6.07) is -1.72. The summed E-state index contributed by atoms with van der Waals surface area (Å²) in [6.07, 6.45) is 3.64. The molecule has 10 heteroatoms. The lowest BCUT2D eigenvalue weighted by Crippen LogP contribution is -2.52. The van der Waals surface area contributed by atoms with E-state index in [0.29, 0.717) is 12.5 Å². The van der Waals surface area contributed by atoms with Crippen molar-refractivity contribution in [2.45, 2.75) is 76.6 Å². The highest BCUT2D eigenvalue weighted by molar-refractivity contribution is 5.91. The first-order chi connectivity index (χ1) is 14.1. The molecule has 3 fully saturated rings. The summed E-state index contributed by atoms with van der Waals surface area (Å²) >= 11 is 0. The van der Waals surface area contributed by atoms with Crippen LogP contribution in [0.15, 0.2) is 6.20 Å². The normalized spacial score (nSPS) is 27.8. The second kappa shape index (κ2) is 7.64. The molecule has 164 valence electrons. The van der Waals surface area contributed by atoms with Crippen molar-refractivity contribution in [3.05, 3.63) is 11.9 Å². The highest BCUT2D eigenvalue weighted by Crippen LogP contribution is 2.40. The van der Waals surface area contributed by atoms with Gasteiger partial charge in [-0.25, -0.2) is 4.68 Å². The lowest BCUT2D eigenvalue weighted by molar-refractivity contribution is -0.144. The number of aromatic nitrogens is 3. The largest absolute Gasteiger partial charge is 0.391 e. The third kappa shape index (κ3) is 4.19. The Morgan fingerprint density at radius 1 is 1.33 bits per heavy atom. The molecule has 30 heavy (non-hydrogen) atoms. The molecule has 0 bridgehead atoms. The van der Waals surface area contributed by atoms with E-state index in [1.54, 1.807) is 4.68 Å². The van der Waals surface area contributed by atoms with Gasteiger partial charge in [-0.05, 0) is 18.3 Å². The first-order valence-corrected chi connectivity index (χ1v) is 10.6. The summed E-state index contributed by atoms with van der Waals surface area (Å²) in [6.45, 7) is 6.32. The number of hydrogen-bond donors (Lipinski definition) is 3. The number of aliphatic hydroxyl groups excluding tert-OH is 1. The van der Waals surface area contributed by atoms with Crippen LogP contribution >= 0.6 is 0 Å². The predicted molar refractivity (Wildman–Crippen MR) is 106 cm³/mol. The number of β-amino-alcohol motifs (C(OH)–C–C–N with tert-alkyl or cyclic N) is 1. The van der Waals surface area contributed by atoms with Gasteiger partial charge in [-0.15, -0.1) is 5.10 Å². The monoisotopic (exact) mass is 418 g/mol. The van der Waals surface area contributed by atoms with Crippen molar-refractivity contribution in [3.8, 4) is 0 Å². The van der Waals surface area contributed by atoms with E-state index < -0.39 is 23.6 Å². The molecule has 2 saturated heterocycles. The van der Waals surface area contributed by atoms with Crippen LogP contribution in [0, 0.1) is 5.41 Å². The minimum atomic E-state index is -0.778. The molecular formula is C20H30N6O4. The molecule has 1 aromatic rings. The van der Waals surface area contributed by atoms with Crippen molar-refractivity contribution < 1.29 is 19.5 Å². The summed E-state index contributed by atoms with van der Waals surface area (Å²) in [5, 5.41) is 24.2. The number of rotatable bonds is 5. The average molecular weight is 418 g/mol. The zero-order valence-electron chi connectivity index (χ0n) is 17.7. The maximum atomic E-state index is 13.6. The Labute approximate surface area is 175 Å². The Morgan fingerprint density at radius 2 is 2.07 bits per heavy atom. The standard InChI is InChI=1S/C20H30N6O4/c1-20(2,3)17(26-10-14(23-24-26)11-4-5-11)19(30)25-9-13(27)7-15(25)18(29)22-12-6-16(28)21-8-12/h10-13,15,17,27H,4-9H2,1-3H3,(H,21,28)(H,22,29)/t12?,13?,15?,17-/m1/s1. The summed E-state index contributed by atoms with van der Waals surface area (Å²) in [5.41, 5.74) is 0.424. The molecule has 0 radical (unpaired) electrons. The van der Waals surface area contributed by atoms with Crippen LogP contribution in [0.2, 0.25) is 0 Å². The average Bonchev–Trinajstić information content (AvgIpc) is 3.05. The van der Waals surface area contributed by atoms with E-state index in [1.165, 1.54) is 4.90 Å². The van der Waals surface area contributed by atoms with Gasteiger partial charge in [0, 0.05) is 38.0 Å². The summed E-state index contributed by atoms with van der Waals surface area (Å²) < 4.78 is 1.61. The number of nitrogens with one attached hydrogen (secondary N) is 2. The smallest absolute Gasteiger partial charge is 0.248 e. The van der Waals surface area contributed by atoms with E-state index in [9.17, 15) is 19.5 Å². The first kappa shape index (κ1) is 20.8. The van der Waals surface area contributed by atoms with Gasteiger partial charge >= 0.3 is 0 Å². The predicted octanol–water partition coefficient (Wildman–Crippen LogP) is -0.291. The second-order valence-corrected chi connectivity index (χ2v) is 9.78. The Balaban J connectivity index is 1.54. The van der Waals surface area contributed by atoms with E-state index in [-0.39, 0.29) is 43.1 Å². The van der Waals surface area contributed by atoms with Gasteiger partial charge in [-0.1, -0.05) is 26.0 Å². The molecule has 1 aromatic heterocycles. The van der Waals surface area contributed by atoms with Gasteiger partial charge in [0.25, 0.3) is 0 Å². The molecule has 3 heterocycles. The fraction of sp³-hybridized carbons (Fsp3) is 0.750. The first-order valence-electron chi connectivity index (χ1n) is 10.6. The molecule has 0 aromatic carbocycles. The van der Waals surface area contributed by atoms with Crippen molar-refractivity contribution in [3.63, 3.8) is 0 Å². The molecule has 10 nitrogen and oxygen atoms in total. The van der Waals surface area contributed by atoms with Crippen LogP contribution in [0.4, 0.5) is 0 Å². The van der Waals surface area contributed by atoms with Gasteiger partial charge in [0.1, 0.15) is 12.1 Å². The number of hydrogen-bond acceptors (Lipinski definition) is 6. The molecule has 3 N–H and O–H groups in total. The van der Waals surface area contributed by atoms with Crippen molar-refractivity contribution in [1.82, 2.24) is 30.5 Å². The van der Waals surface area contributed by atoms with Gasteiger partial charge in [0.2, 0.25) is 17.7 Å². The van der Waals surface area contributed by atoms with E-state index in [0.717, 1.165) is 18.5 Å². The van der Waals surface area contributed by atoms with E-state index in [4.69, 9.17) is 0 Å². The van der Waals surface area contributed by atoms with Crippen LogP contribution < -0.4 is 10.6 Å². The molecule has 1 aliphatic carbocycles. The van der Waals surface area contributed by atoms with Gasteiger partial charge in [-0.3, -0.25) is 14.4 Å². The van der Waals surface area contributed by atoms with Crippen LogP contribution in [-0.4, -0.2) is 74.0 Å². The molecule has 3 aliphatic rings. The maximum absolute atomic E-state index is 13.6. The van der Waals surface area contributed by atoms with Gasteiger partial charge in [0.15, 0.2) is 0 Å². The minimum Gasteiger partial charge on any atom is -0.391 e. The van der Waals surface area contributed by atoms with E-state index in [1.807, 2.05) is 27.0 Å². The number of carbonyl (C=O) groups is 3. The zero-order chi connectivity index (χ0) is 21.6. The maximum Gasteiger partial charge on any atom is 0.248 e. The quantitative estimate of drug-likeness (QED) is 0.603. The van der Waals surface area contributed by atoms with Crippen LogP contribution in [0.1, 0.15) is 64.1 Å². The number of amides is 3. The van der Waals surface area contributed by atoms with Crippen molar-refractivity contribution in [1.29, 1.82) is 0 Å². The van der Waals surface area contributed by atoms with Crippen molar-refractivity contribution in [2.24, 2.45) is 5.41 Å². The van der Waals surface area contributed by atoms with Crippen LogP contribution in [-0.2, 0) is 14.4 Å². The number of nitrogens with zero attached hydrogens (tertiary/aromatic N) is 4. The molecule has 2 aliphatic heterocycles. The number of aliphatic hydroxyl groups is 1. The van der Waals surface area contributed by atoms with Crippen molar-refractivity contribution in [2.75, 3.05) is 13.1 Å². The topological polar surface area (TPSA) is 129 Å². The molecule has 0 spiro atoms. The Kier molecular flexibility index (Phi) is 5.29. The van der Waals surface area contributed by atoms with E-state index in [2.05, 4.69) is 20.9 Å². The highest BCUT2D eigenvalue weighted by Gasteiger charge is 2.46. The molecular weight excluding hydrogens is 388 g/mol. The van der Waals surface area contributed by atoms with Crippen LogP contribution in [0.25, 0.3) is 0 Å². The molecule has 1 saturated carbocycles. The summed E-state index contributed by atoms with van der Waals surface area (Å²) in [4.78, 5) is 39.4. The Morgan fingerprint density at radius 3 is 2.67 bits per heavy atom. The summed E-state index contributed by atoms with van der Waals surface area (Å²) in [7, 11) is 0. The Bertz CT molecular complexity index is 843. The molecule has 3 unspecified atom stereocenters. The lowest BCUT2D eigenvalue weighted by atomic mass is 9.85. The summed E-state index contributed by atoms with van der Waals surface area (Å²) in [5.74, 6) is -0.284. The van der Waals surface area contributed by atoms with Crippen LogP contribution in [0.5, 0.6) is 0 Å². The minimum absolute atomic E-state index is 0.0928. The van der Waals surface area contributed by atoms with Gasteiger partial charge in [0.05, 0.1) is 17.8 Å². The SMILES string of the molecule is CC(C)(C)[C@@H](C(=O)N1CC(O)CC1C(=O)NC1CNC(=O)C1)n1cc(C2CC2)nn1.